The van der Waals surface area contributed by atoms with E-state index in [1.54, 1.807) is 0 Å². The Labute approximate surface area is 516 Å². The Kier molecular flexibility index (Phi) is 51.9. The fourth-order valence-electron chi connectivity index (χ4n) is 10.5. The third-order valence-corrected chi connectivity index (χ3v) is 15.9. The van der Waals surface area contributed by atoms with Crippen molar-refractivity contribution in [1.29, 1.82) is 0 Å². The maximum Gasteiger partial charge on any atom is 0.306 e. The predicted octanol–water partition coefficient (Wildman–Crippen LogP) is 14.3. The van der Waals surface area contributed by atoms with Gasteiger partial charge in [-0.25, -0.2) is 0 Å². The smallest absolute Gasteiger partial charge is 0.306 e. The molecule has 7 N–H and O–H groups in total. The monoisotopic (exact) mass is 1200 g/mol. The van der Waals surface area contributed by atoms with Gasteiger partial charge in [0.25, 0.3) is 0 Å². The lowest BCUT2D eigenvalue weighted by Crippen LogP contribution is -2.61. The summed E-state index contributed by atoms with van der Waals surface area (Å²) in [7, 11) is 0. The predicted molar refractivity (Wildman–Crippen MR) is 344 cm³/mol. The van der Waals surface area contributed by atoms with Crippen molar-refractivity contribution in [2.75, 3.05) is 33.0 Å². The van der Waals surface area contributed by atoms with Crippen LogP contribution in [0.3, 0.4) is 0 Å². The molecule has 0 aliphatic carbocycles. The highest BCUT2D eigenvalue weighted by atomic mass is 16.7. The molecule has 11 atom stereocenters. The Morgan fingerprint density at radius 2 is 0.765 bits per heavy atom. The second-order valence-electron chi connectivity index (χ2n) is 23.6. The zero-order valence-electron chi connectivity index (χ0n) is 53.3. The van der Waals surface area contributed by atoms with Crippen LogP contribution in [0.2, 0.25) is 0 Å². The second-order valence-corrected chi connectivity index (χ2v) is 23.6. The van der Waals surface area contributed by atoms with Gasteiger partial charge in [0.05, 0.1) is 26.4 Å². The molecule has 2 rings (SSSR count). The summed E-state index contributed by atoms with van der Waals surface area (Å²) in [5.74, 6) is -0.378. The number of carbonyl (C=O) groups is 1. The highest BCUT2D eigenvalue weighted by molar-refractivity contribution is 5.69. The SMILES string of the molecule is CC/C=C\C/C=C\C/C=C\C/C=C\C/C=C\CCCCCCCCCCCCOCC(COC1OC(COC2OC(CO)C(O)C(O)C2O)C(O)C(O)C1O)OC(=O)CCCCCCCCCCCCCCC/C=C\C/C=C\CCCCCCC. The first-order valence-corrected chi connectivity index (χ1v) is 34.2. The molecule has 0 aromatic rings. The van der Waals surface area contributed by atoms with Gasteiger partial charge in [-0.2, -0.15) is 0 Å². The number of aliphatic hydroxyl groups is 7. The molecule has 0 aromatic heterocycles. The Balaban J connectivity index is 1.65. The van der Waals surface area contributed by atoms with E-state index in [-0.39, 0.29) is 25.6 Å². The Morgan fingerprint density at radius 3 is 1.20 bits per heavy atom. The molecule has 0 spiro atoms. The van der Waals surface area contributed by atoms with Gasteiger partial charge in [0, 0.05) is 13.0 Å². The van der Waals surface area contributed by atoms with Crippen molar-refractivity contribution in [3.8, 4) is 0 Å². The van der Waals surface area contributed by atoms with Gasteiger partial charge in [-0.3, -0.25) is 4.79 Å². The van der Waals surface area contributed by atoms with E-state index in [0.29, 0.717) is 13.0 Å². The third kappa shape index (κ3) is 41.9. The summed E-state index contributed by atoms with van der Waals surface area (Å²) in [6.45, 7) is 3.58. The highest BCUT2D eigenvalue weighted by Crippen LogP contribution is 2.27. The van der Waals surface area contributed by atoms with E-state index in [2.05, 4.69) is 98.9 Å². The van der Waals surface area contributed by atoms with E-state index < -0.39 is 80.7 Å². The summed E-state index contributed by atoms with van der Waals surface area (Å²) < 4.78 is 34.5. The Bertz CT molecular complexity index is 1730. The normalized spacial score (nSPS) is 23.7. The van der Waals surface area contributed by atoms with Crippen LogP contribution >= 0.6 is 0 Å². The van der Waals surface area contributed by atoms with Crippen molar-refractivity contribution in [2.24, 2.45) is 0 Å². The van der Waals surface area contributed by atoms with E-state index in [9.17, 15) is 40.5 Å². The van der Waals surface area contributed by atoms with E-state index >= 15 is 0 Å². The van der Waals surface area contributed by atoms with E-state index in [4.69, 9.17) is 28.4 Å². The van der Waals surface area contributed by atoms with Crippen molar-refractivity contribution in [2.45, 2.75) is 325 Å². The minimum Gasteiger partial charge on any atom is -0.457 e. The minimum absolute atomic E-state index is 0.0553. The number of allylic oxidation sites excluding steroid dienone is 14. The summed E-state index contributed by atoms with van der Waals surface area (Å²) in [4.78, 5) is 13.2. The molecule has 11 unspecified atom stereocenters. The molecule has 0 bridgehead atoms. The average molecular weight is 1200 g/mol. The molecule has 14 nitrogen and oxygen atoms in total. The molecule has 492 valence electrons. The first kappa shape index (κ1) is 78.3. The van der Waals surface area contributed by atoms with E-state index in [1.807, 2.05) is 0 Å². The molecule has 2 heterocycles. The van der Waals surface area contributed by atoms with E-state index in [1.165, 1.54) is 148 Å². The number of hydrogen-bond donors (Lipinski definition) is 7. The highest BCUT2D eigenvalue weighted by Gasteiger charge is 2.47. The van der Waals surface area contributed by atoms with Gasteiger partial charge in [-0.1, -0.05) is 247 Å². The van der Waals surface area contributed by atoms with E-state index in [0.717, 1.165) is 83.5 Å². The van der Waals surface area contributed by atoms with Crippen molar-refractivity contribution < 1.29 is 69.0 Å². The fraction of sp³-hybridized carbons (Fsp3) is 0.789. The first-order chi connectivity index (χ1) is 41.6. The van der Waals surface area contributed by atoms with Crippen LogP contribution in [0.15, 0.2) is 85.1 Å². The van der Waals surface area contributed by atoms with Crippen LogP contribution in [-0.4, -0.2) is 142 Å². The number of esters is 1. The van der Waals surface area contributed by atoms with Crippen LogP contribution in [0.5, 0.6) is 0 Å². The van der Waals surface area contributed by atoms with Gasteiger partial charge in [0.15, 0.2) is 12.6 Å². The van der Waals surface area contributed by atoms with Crippen molar-refractivity contribution in [1.82, 2.24) is 0 Å². The van der Waals surface area contributed by atoms with Gasteiger partial charge in [0.1, 0.15) is 54.9 Å². The van der Waals surface area contributed by atoms with Gasteiger partial charge >= 0.3 is 5.97 Å². The standard InChI is InChI=1S/C71H124O14/c1-3-5-7-9-11-13-15-17-19-21-23-25-27-29-31-33-35-37-39-41-43-45-47-49-51-53-55-80-57-60(58-81-70-69(79)67(77)65(75)62(85-70)59-82-71-68(78)66(76)64(74)61(56-72)84-71)83-63(73)54-52-50-48-46-44-42-40-38-36-34-32-30-28-26-24-22-20-18-16-14-12-10-8-6-4-2/h5,7,11,13,16-19,22-25,29,31,60-62,64-72,74-79H,3-4,6,8-10,12,14-15,20-21,26-28,30,32-59H2,1-2H3/b7-5-,13-11-,18-16-,19-17-,24-22-,25-23-,31-29-. The van der Waals surface area contributed by atoms with Gasteiger partial charge in [-0.05, 0) is 89.9 Å². The van der Waals surface area contributed by atoms with Crippen LogP contribution in [0.1, 0.15) is 258 Å². The largest absolute Gasteiger partial charge is 0.457 e. The fourth-order valence-corrected chi connectivity index (χ4v) is 10.5. The van der Waals surface area contributed by atoms with Crippen LogP contribution in [0.25, 0.3) is 0 Å². The molecule has 2 saturated heterocycles. The van der Waals surface area contributed by atoms with Crippen LogP contribution in [-0.2, 0) is 33.2 Å². The molecule has 0 amide bonds. The molecule has 0 radical (unpaired) electrons. The Morgan fingerprint density at radius 1 is 0.400 bits per heavy atom. The summed E-state index contributed by atoms with van der Waals surface area (Å²) >= 11 is 0. The quantitative estimate of drug-likeness (QED) is 0.0171. The third-order valence-electron chi connectivity index (χ3n) is 15.9. The number of rotatable bonds is 56. The number of ether oxygens (including phenoxy) is 6. The molecule has 2 aliphatic rings. The Hall–Kier alpha value is -2.83. The van der Waals surface area contributed by atoms with Crippen molar-refractivity contribution >= 4 is 5.97 Å². The number of hydrogen-bond acceptors (Lipinski definition) is 14. The van der Waals surface area contributed by atoms with Gasteiger partial charge in [0.2, 0.25) is 0 Å². The molecule has 2 aliphatic heterocycles. The van der Waals surface area contributed by atoms with Crippen LogP contribution < -0.4 is 0 Å². The molecule has 2 fully saturated rings. The molecular formula is C71H124O14. The van der Waals surface area contributed by atoms with Crippen molar-refractivity contribution in [3.63, 3.8) is 0 Å². The lowest BCUT2D eigenvalue weighted by molar-refractivity contribution is -0.332. The zero-order chi connectivity index (χ0) is 61.5. The lowest BCUT2D eigenvalue weighted by Gasteiger charge is -2.42. The summed E-state index contributed by atoms with van der Waals surface area (Å²) in [5, 5.41) is 72.6. The molecule has 14 heteroatoms. The van der Waals surface area contributed by atoms with Crippen molar-refractivity contribution in [3.05, 3.63) is 85.1 Å². The maximum absolute atomic E-state index is 13.2. The topological polar surface area (TPSA) is 214 Å². The molecular weight excluding hydrogens is 1080 g/mol. The molecule has 0 saturated carbocycles. The van der Waals surface area contributed by atoms with Crippen LogP contribution in [0, 0.1) is 0 Å². The maximum atomic E-state index is 13.2. The zero-order valence-corrected chi connectivity index (χ0v) is 53.3. The molecule has 0 aromatic carbocycles. The average Bonchev–Trinajstić information content (AvgIpc) is 2.82. The number of unbranched alkanes of at least 4 members (excludes halogenated alkanes) is 28. The second kappa shape index (κ2) is 56.4. The molecule has 85 heavy (non-hydrogen) atoms. The summed E-state index contributed by atoms with van der Waals surface area (Å²) in [6, 6.07) is 0. The lowest BCUT2D eigenvalue weighted by atomic mass is 9.98. The number of aliphatic hydroxyl groups excluding tert-OH is 7. The van der Waals surface area contributed by atoms with Crippen LogP contribution in [0.4, 0.5) is 0 Å². The summed E-state index contributed by atoms with van der Waals surface area (Å²) in [5.41, 5.74) is 0. The summed E-state index contributed by atoms with van der Waals surface area (Å²) in [6.07, 6.45) is 59.3. The van der Waals surface area contributed by atoms with Gasteiger partial charge < -0.3 is 64.2 Å². The minimum atomic E-state index is -1.71. The first-order valence-electron chi connectivity index (χ1n) is 34.2. The number of carbonyl (C=O) groups excluding carboxylic acids is 1. The van der Waals surface area contributed by atoms with Gasteiger partial charge in [-0.15, -0.1) is 0 Å².